The standard InChI is InChI=1S/C29H24Cl2N2O2S/c1-18-9-14-25-27(15-18)36-29(33-25)19-10-12-21(13-11-19)32-16-20-5-3-8-26(34-2)28(20)35-17-22-23(30)6-4-7-24(22)31/h3-15,32H,16-17H2,1-2H3. The van der Waals surface area contributed by atoms with Crippen LogP contribution in [-0.4, -0.2) is 12.1 Å². The number of thiazole rings is 1. The molecule has 5 rings (SSSR count). The Kier molecular flexibility index (Phi) is 7.33. The van der Waals surface area contributed by atoms with Crippen molar-refractivity contribution >= 4 is 50.4 Å². The summed E-state index contributed by atoms with van der Waals surface area (Å²) in [4.78, 5) is 4.78. The van der Waals surface area contributed by atoms with Crippen molar-refractivity contribution < 1.29 is 9.47 Å². The quantitative estimate of drug-likeness (QED) is 0.216. The number of benzene rings is 4. The summed E-state index contributed by atoms with van der Waals surface area (Å²) in [7, 11) is 1.63. The van der Waals surface area contributed by atoms with E-state index < -0.39 is 0 Å². The van der Waals surface area contributed by atoms with Crippen LogP contribution in [0.4, 0.5) is 5.69 Å². The molecule has 0 aliphatic carbocycles. The molecular weight excluding hydrogens is 511 g/mol. The maximum absolute atomic E-state index is 6.33. The number of rotatable bonds is 8. The first-order valence-electron chi connectivity index (χ1n) is 11.4. The lowest BCUT2D eigenvalue weighted by molar-refractivity contribution is 0.282. The molecule has 0 saturated heterocycles. The molecule has 0 fully saturated rings. The predicted molar refractivity (Wildman–Crippen MR) is 151 cm³/mol. The van der Waals surface area contributed by atoms with E-state index in [1.807, 2.05) is 24.3 Å². The van der Waals surface area contributed by atoms with Crippen LogP contribution in [0.25, 0.3) is 20.8 Å². The zero-order chi connectivity index (χ0) is 25.1. The van der Waals surface area contributed by atoms with Crippen molar-refractivity contribution in [3.8, 4) is 22.1 Å². The summed E-state index contributed by atoms with van der Waals surface area (Å²) in [6.45, 7) is 2.90. The second kappa shape index (κ2) is 10.8. The summed E-state index contributed by atoms with van der Waals surface area (Å²) in [6.07, 6.45) is 0. The number of ether oxygens (including phenoxy) is 2. The van der Waals surface area contributed by atoms with Gasteiger partial charge in [0.05, 0.1) is 17.3 Å². The van der Waals surface area contributed by atoms with Gasteiger partial charge in [-0.3, -0.25) is 0 Å². The number of anilines is 1. The van der Waals surface area contributed by atoms with E-state index in [2.05, 4.69) is 54.7 Å². The number of methoxy groups -OCH3 is 1. The summed E-state index contributed by atoms with van der Waals surface area (Å²) < 4.78 is 12.9. The van der Waals surface area contributed by atoms with Crippen molar-refractivity contribution in [2.24, 2.45) is 0 Å². The van der Waals surface area contributed by atoms with E-state index in [4.69, 9.17) is 37.7 Å². The SMILES string of the molecule is COc1cccc(CNc2ccc(-c3nc4ccc(C)cc4s3)cc2)c1OCc1c(Cl)cccc1Cl. The highest BCUT2D eigenvalue weighted by atomic mass is 35.5. The summed E-state index contributed by atoms with van der Waals surface area (Å²) in [5.74, 6) is 1.31. The molecule has 1 aromatic heterocycles. The molecule has 0 radical (unpaired) electrons. The van der Waals surface area contributed by atoms with Gasteiger partial charge in [-0.2, -0.15) is 0 Å². The average molecular weight is 535 g/mol. The number of aromatic nitrogens is 1. The number of fused-ring (bicyclic) bond motifs is 1. The average Bonchev–Trinajstić information content (AvgIpc) is 3.31. The monoisotopic (exact) mass is 534 g/mol. The number of nitrogens with zero attached hydrogens (tertiary/aromatic N) is 1. The molecule has 0 saturated carbocycles. The van der Waals surface area contributed by atoms with Crippen LogP contribution in [0.15, 0.2) is 78.9 Å². The zero-order valence-electron chi connectivity index (χ0n) is 19.8. The van der Waals surface area contributed by atoms with Crippen LogP contribution in [0.2, 0.25) is 10.0 Å². The van der Waals surface area contributed by atoms with Crippen LogP contribution in [0.3, 0.4) is 0 Å². The third-order valence-corrected chi connectivity index (χ3v) is 7.64. The number of hydrogen-bond acceptors (Lipinski definition) is 5. The molecule has 0 unspecified atom stereocenters. The Morgan fingerprint density at radius 3 is 2.42 bits per heavy atom. The molecule has 0 bridgehead atoms. The van der Waals surface area contributed by atoms with E-state index in [0.717, 1.165) is 32.9 Å². The first kappa shape index (κ1) is 24.4. The van der Waals surface area contributed by atoms with Gasteiger partial charge < -0.3 is 14.8 Å². The molecular formula is C29H24Cl2N2O2S. The van der Waals surface area contributed by atoms with E-state index in [9.17, 15) is 0 Å². The first-order valence-corrected chi connectivity index (χ1v) is 13.0. The molecule has 182 valence electrons. The van der Waals surface area contributed by atoms with Crippen molar-refractivity contribution in [3.05, 3.63) is 106 Å². The fourth-order valence-electron chi connectivity index (χ4n) is 3.92. The maximum Gasteiger partial charge on any atom is 0.166 e. The molecule has 1 heterocycles. The van der Waals surface area contributed by atoms with Gasteiger partial charge in [0.1, 0.15) is 11.6 Å². The maximum atomic E-state index is 6.33. The number of halogens is 2. The lowest BCUT2D eigenvalue weighted by Crippen LogP contribution is -2.06. The summed E-state index contributed by atoms with van der Waals surface area (Å²) >= 11 is 14.4. The summed E-state index contributed by atoms with van der Waals surface area (Å²) in [5, 5.41) is 5.64. The normalized spacial score (nSPS) is 11.0. The minimum Gasteiger partial charge on any atom is -0.493 e. The van der Waals surface area contributed by atoms with Crippen LogP contribution in [0.1, 0.15) is 16.7 Å². The molecule has 4 nitrogen and oxygen atoms in total. The molecule has 0 aliphatic rings. The van der Waals surface area contributed by atoms with Gasteiger partial charge in [-0.1, -0.05) is 47.5 Å². The second-order valence-electron chi connectivity index (χ2n) is 8.36. The second-order valence-corrected chi connectivity index (χ2v) is 10.2. The Morgan fingerprint density at radius 1 is 0.917 bits per heavy atom. The molecule has 5 aromatic rings. The van der Waals surface area contributed by atoms with Gasteiger partial charge in [0, 0.05) is 39.0 Å². The van der Waals surface area contributed by atoms with Gasteiger partial charge in [-0.25, -0.2) is 4.98 Å². The topological polar surface area (TPSA) is 43.4 Å². The number of para-hydroxylation sites is 1. The van der Waals surface area contributed by atoms with E-state index in [-0.39, 0.29) is 6.61 Å². The Labute approximate surface area is 224 Å². The van der Waals surface area contributed by atoms with Gasteiger partial charge >= 0.3 is 0 Å². The van der Waals surface area contributed by atoms with E-state index >= 15 is 0 Å². The van der Waals surface area contributed by atoms with Gasteiger partial charge in [-0.15, -0.1) is 11.3 Å². The Bertz CT molecular complexity index is 1500. The van der Waals surface area contributed by atoms with Gasteiger partial charge in [0.2, 0.25) is 0 Å². The third-order valence-electron chi connectivity index (χ3n) is 5.86. The number of hydrogen-bond donors (Lipinski definition) is 1. The number of aryl methyl sites for hydroxylation is 1. The highest BCUT2D eigenvalue weighted by molar-refractivity contribution is 7.21. The van der Waals surface area contributed by atoms with Crippen molar-refractivity contribution in [2.75, 3.05) is 12.4 Å². The smallest absolute Gasteiger partial charge is 0.166 e. The minimum absolute atomic E-state index is 0.238. The fraction of sp³-hybridized carbons (Fsp3) is 0.138. The Balaban J connectivity index is 1.31. The van der Waals surface area contributed by atoms with Crippen molar-refractivity contribution in [2.45, 2.75) is 20.1 Å². The summed E-state index contributed by atoms with van der Waals surface area (Å²) in [6, 6.07) is 25.9. The molecule has 4 aromatic carbocycles. The lowest BCUT2D eigenvalue weighted by Gasteiger charge is -2.17. The fourth-order valence-corrected chi connectivity index (χ4v) is 5.50. The first-order chi connectivity index (χ1) is 17.5. The highest BCUT2D eigenvalue weighted by Gasteiger charge is 2.14. The van der Waals surface area contributed by atoms with E-state index in [1.165, 1.54) is 10.3 Å². The van der Waals surface area contributed by atoms with Crippen LogP contribution >= 0.6 is 34.5 Å². The van der Waals surface area contributed by atoms with Gasteiger partial charge in [0.15, 0.2) is 11.5 Å². The summed E-state index contributed by atoms with van der Waals surface area (Å²) in [5.41, 5.74) is 6.08. The van der Waals surface area contributed by atoms with Crippen LogP contribution < -0.4 is 14.8 Å². The molecule has 7 heteroatoms. The molecule has 0 amide bonds. The third kappa shape index (κ3) is 5.29. The van der Waals surface area contributed by atoms with Crippen molar-refractivity contribution in [1.29, 1.82) is 0 Å². The van der Waals surface area contributed by atoms with Crippen LogP contribution in [0, 0.1) is 6.92 Å². The van der Waals surface area contributed by atoms with Crippen LogP contribution in [0.5, 0.6) is 11.5 Å². The lowest BCUT2D eigenvalue weighted by atomic mass is 10.1. The largest absolute Gasteiger partial charge is 0.493 e. The molecule has 36 heavy (non-hydrogen) atoms. The van der Waals surface area contributed by atoms with E-state index in [1.54, 1.807) is 30.6 Å². The van der Waals surface area contributed by atoms with Crippen molar-refractivity contribution in [1.82, 2.24) is 4.98 Å². The van der Waals surface area contributed by atoms with E-state index in [0.29, 0.717) is 28.1 Å². The molecule has 0 atom stereocenters. The molecule has 1 N–H and O–H groups in total. The van der Waals surface area contributed by atoms with Gasteiger partial charge in [0.25, 0.3) is 0 Å². The highest BCUT2D eigenvalue weighted by Crippen LogP contribution is 2.35. The minimum atomic E-state index is 0.238. The molecule has 0 aliphatic heterocycles. The van der Waals surface area contributed by atoms with Crippen LogP contribution in [-0.2, 0) is 13.2 Å². The Morgan fingerprint density at radius 2 is 1.67 bits per heavy atom. The number of nitrogens with one attached hydrogen (secondary N) is 1. The van der Waals surface area contributed by atoms with Crippen molar-refractivity contribution in [3.63, 3.8) is 0 Å². The zero-order valence-corrected chi connectivity index (χ0v) is 22.2. The predicted octanol–water partition coefficient (Wildman–Crippen LogP) is 8.78. The molecule has 0 spiro atoms. The van der Waals surface area contributed by atoms with Gasteiger partial charge in [-0.05, 0) is 67.1 Å². The Hall–Kier alpha value is -3.25.